The molecule has 0 saturated carbocycles. The highest BCUT2D eigenvalue weighted by Gasteiger charge is 2.26. The van der Waals surface area contributed by atoms with Gasteiger partial charge in [-0.2, -0.15) is 4.31 Å². The van der Waals surface area contributed by atoms with E-state index >= 15 is 0 Å². The summed E-state index contributed by atoms with van der Waals surface area (Å²) in [5, 5.41) is 0. The zero-order valence-electron chi connectivity index (χ0n) is 11.9. The molecular weight excluding hydrogens is 347 g/mol. The van der Waals surface area contributed by atoms with E-state index in [9.17, 15) is 12.8 Å². The SMILES string of the molecule is CCCN(CCN(C)C)S(=O)(=O)c1ccc(F)cc1Br. The molecule has 4 nitrogen and oxygen atoms in total. The van der Waals surface area contributed by atoms with Gasteiger partial charge < -0.3 is 4.90 Å². The Morgan fingerprint density at radius 2 is 1.85 bits per heavy atom. The lowest BCUT2D eigenvalue weighted by Gasteiger charge is -2.23. The Balaban J connectivity index is 3.08. The van der Waals surface area contributed by atoms with Crippen molar-refractivity contribution >= 4 is 26.0 Å². The molecule has 0 atom stereocenters. The van der Waals surface area contributed by atoms with Gasteiger partial charge in [-0.15, -0.1) is 0 Å². The summed E-state index contributed by atoms with van der Waals surface area (Å²) in [7, 11) is 0.174. The number of nitrogens with zero attached hydrogens (tertiary/aromatic N) is 2. The molecule has 0 aliphatic rings. The van der Waals surface area contributed by atoms with Gasteiger partial charge in [0.15, 0.2) is 0 Å². The van der Waals surface area contributed by atoms with Crippen molar-refractivity contribution in [2.75, 3.05) is 33.7 Å². The molecule has 0 saturated heterocycles. The van der Waals surface area contributed by atoms with Crippen LogP contribution in [-0.2, 0) is 10.0 Å². The molecule has 0 aromatic heterocycles. The second kappa shape index (κ2) is 7.49. The lowest BCUT2D eigenvalue weighted by molar-refractivity contribution is 0.333. The van der Waals surface area contributed by atoms with Crippen LogP contribution in [0.4, 0.5) is 4.39 Å². The van der Waals surface area contributed by atoms with Crippen molar-refractivity contribution in [3.05, 3.63) is 28.5 Å². The average molecular weight is 367 g/mol. The molecule has 0 amide bonds. The smallest absolute Gasteiger partial charge is 0.244 e. The average Bonchev–Trinajstić information content (AvgIpc) is 2.33. The van der Waals surface area contributed by atoms with Gasteiger partial charge in [0.1, 0.15) is 5.82 Å². The third-order valence-corrected chi connectivity index (χ3v) is 5.66. The number of benzene rings is 1. The Morgan fingerprint density at radius 3 is 2.35 bits per heavy atom. The maximum Gasteiger partial charge on any atom is 0.244 e. The third kappa shape index (κ3) is 4.51. The van der Waals surface area contributed by atoms with E-state index in [0.717, 1.165) is 12.5 Å². The van der Waals surface area contributed by atoms with Crippen LogP contribution in [0, 0.1) is 5.82 Å². The number of likely N-dealkylation sites (N-methyl/N-ethyl adjacent to an activating group) is 1. The highest BCUT2D eigenvalue weighted by molar-refractivity contribution is 9.10. The van der Waals surface area contributed by atoms with Gasteiger partial charge in [0.05, 0.1) is 4.90 Å². The fraction of sp³-hybridized carbons (Fsp3) is 0.538. The first-order chi connectivity index (χ1) is 9.28. The van der Waals surface area contributed by atoms with Crippen molar-refractivity contribution in [1.29, 1.82) is 0 Å². The van der Waals surface area contributed by atoms with Crippen molar-refractivity contribution in [2.45, 2.75) is 18.2 Å². The molecule has 7 heteroatoms. The normalized spacial score (nSPS) is 12.3. The number of halogens is 2. The summed E-state index contributed by atoms with van der Waals surface area (Å²) in [5.74, 6) is -0.467. The Bertz CT molecular complexity index is 549. The van der Waals surface area contributed by atoms with Crippen LogP contribution in [0.2, 0.25) is 0 Å². The topological polar surface area (TPSA) is 40.6 Å². The highest BCUT2D eigenvalue weighted by Crippen LogP contribution is 2.26. The van der Waals surface area contributed by atoms with Gasteiger partial charge in [-0.1, -0.05) is 6.92 Å². The van der Waals surface area contributed by atoms with Crippen LogP contribution in [0.25, 0.3) is 0 Å². The first kappa shape index (κ1) is 17.6. The van der Waals surface area contributed by atoms with Gasteiger partial charge in [-0.25, -0.2) is 12.8 Å². The van der Waals surface area contributed by atoms with Gasteiger partial charge in [-0.05, 0) is 54.6 Å². The molecule has 20 heavy (non-hydrogen) atoms. The zero-order valence-corrected chi connectivity index (χ0v) is 14.3. The summed E-state index contributed by atoms with van der Waals surface area (Å²) in [5.41, 5.74) is 0. The molecule has 0 heterocycles. The molecule has 114 valence electrons. The monoisotopic (exact) mass is 366 g/mol. The van der Waals surface area contributed by atoms with Crippen molar-refractivity contribution in [3.8, 4) is 0 Å². The molecule has 0 unspecified atom stereocenters. The van der Waals surface area contributed by atoms with Crippen LogP contribution in [0.1, 0.15) is 13.3 Å². The first-order valence-electron chi connectivity index (χ1n) is 6.39. The second-order valence-corrected chi connectivity index (χ2v) is 7.54. The quantitative estimate of drug-likeness (QED) is 0.744. The predicted octanol–water partition coefficient (Wildman–Crippen LogP) is 2.55. The van der Waals surface area contributed by atoms with Gasteiger partial charge >= 0.3 is 0 Å². The summed E-state index contributed by atoms with van der Waals surface area (Å²) >= 11 is 3.13. The molecule has 0 radical (unpaired) electrons. The summed E-state index contributed by atoms with van der Waals surface area (Å²) in [6.07, 6.45) is 0.728. The van der Waals surface area contributed by atoms with E-state index in [1.54, 1.807) is 0 Å². The number of rotatable bonds is 7. The van der Waals surface area contributed by atoms with Crippen molar-refractivity contribution in [2.24, 2.45) is 0 Å². The number of sulfonamides is 1. The summed E-state index contributed by atoms with van der Waals surface area (Å²) < 4.78 is 40.0. The van der Waals surface area contributed by atoms with E-state index in [2.05, 4.69) is 15.9 Å². The van der Waals surface area contributed by atoms with Crippen molar-refractivity contribution < 1.29 is 12.8 Å². The van der Waals surface area contributed by atoms with Crippen LogP contribution >= 0.6 is 15.9 Å². The minimum Gasteiger partial charge on any atom is -0.308 e. The summed E-state index contributed by atoms with van der Waals surface area (Å²) in [6, 6.07) is 3.63. The Hall–Kier alpha value is -0.500. The molecule has 0 bridgehead atoms. The van der Waals surface area contributed by atoms with Crippen LogP contribution in [0.3, 0.4) is 0 Å². The maximum atomic E-state index is 13.1. The van der Waals surface area contributed by atoms with Crippen LogP contribution in [0.15, 0.2) is 27.6 Å². The molecule has 0 aliphatic carbocycles. The molecule has 1 aromatic rings. The highest BCUT2D eigenvalue weighted by atomic mass is 79.9. The maximum absolute atomic E-state index is 13.1. The largest absolute Gasteiger partial charge is 0.308 e. The fourth-order valence-corrected chi connectivity index (χ4v) is 4.27. The minimum atomic E-state index is -3.61. The van der Waals surface area contributed by atoms with Crippen LogP contribution < -0.4 is 0 Å². The van der Waals surface area contributed by atoms with Gasteiger partial charge in [0.25, 0.3) is 0 Å². The van der Waals surface area contributed by atoms with E-state index in [0.29, 0.717) is 19.6 Å². The predicted molar refractivity (Wildman–Crippen MR) is 81.7 cm³/mol. The second-order valence-electron chi connectivity index (χ2n) is 4.78. The molecule has 0 N–H and O–H groups in total. The van der Waals surface area contributed by atoms with E-state index in [-0.39, 0.29) is 9.37 Å². The number of hydrogen-bond donors (Lipinski definition) is 0. The first-order valence-corrected chi connectivity index (χ1v) is 8.62. The van der Waals surface area contributed by atoms with E-state index in [4.69, 9.17) is 0 Å². The minimum absolute atomic E-state index is 0.103. The molecule has 0 aliphatic heterocycles. The summed E-state index contributed by atoms with van der Waals surface area (Å²) in [6.45, 7) is 3.42. The van der Waals surface area contributed by atoms with E-state index in [1.807, 2.05) is 25.9 Å². The van der Waals surface area contributed by atoms with Gasteiger partial charge in [0, 0.05) is 24.1 Å². The van der Waals surface area contributed by atoms with Crippen LogP contribution in [0.5, 0.6) is 0 Å². The summed E-state index contributed by atoms with van der Waals surface area (Å²) in [4.78, 5) is 2.03. The molecule has 1 aromatic carbocycles. The molecular formula is C13H20BrFN2O2S. The molecule has 0 spiro atoms. The standard InChI is InChI=1S/C13H20BrFN2O2S/c1-4-7-17(9-8-16(2)3)20(18,19)13-6-5-11(15)10-12(13)14/h5-6,10H,4,7-9H2,1-3H3. The van der Waals surface area contributed by atoms with Crippen molar-refractivity contribution in [3.63, 3.8) is 0 Å². The fourth-order valence-electron chi connectivity index (χ4n) is 1.74. The van der Waals surface area contributed by atoms with Gasteiger partial charge in [-0.3, -0.25) is 0 Å². The van der Waals surface area contributed by atoms with Crippen LogP contribution in [-0.4, -0.2) is 51.4 Å². The molecule has 0 fully saturated rings. The Kier molecular flexibility index (Phi) is 6.57. The third-order valence-electron chi connectivity index (χ3n) is 2.78. The Labute approximate surface area is 128 Å². The van der Waals surface area contributed by atoms with E-state index in [1.165, 1.54) is 16.4 Å². The number of hydrogen-bond acceptors (Lipinski definition) is 3. The van der Waals surface area contributed by atoms with Crippen molar-refractivity contribution in [1.82, 2.24) is 9.21 Å². The van der Waals surface area contributed by atoms with Gasteiger partial charge in [0.2, 0.25) is 10.0 Å². The van der Waals surface area contributed by atoms with E-state index < -0.39 is 15.8 Å². The lowest BCUT2D eigenvalue weighted by atomic mass is 10.3. The molecule has 1 rings (SSSR count). The zero-order chi connectivity index (χ0) is 15.3. The Morgan fingerprint density at radius 1 is 1.20 bits per heavy atom. The lowest BCUT2D eigenvalue weighted by Crippen LogP contribution is -2.37.